The van der Waals surface area contributed by atoms with Crippen molar-refractivity contribution in [3.63, 3.8) is 0 Å². The summed E-state index contributed by atoms with van der Waals surface area (Å²) in [4.78, 5) is 0. The highest BCUT2D eigenvalue weighted by atomic mass is 79.9. The third-order valence-electron chi connectivity index (χ3n) is 6.62. The first-order valence-corrected chi connectivity index (χ1v) is 9.34. The Morgan fingerprint density at radius 3 is 2.10 bits per heavy atom. The van der Waals surface area contributed by atoms with Gasteiger partial charge in [-0.3, -0.25) is 0 Å². The Hall–Kier alpha value is -0.340. The molecule has 2 heteroatoms. The van der Waals surface area contributed by atoms with Crippen LogP contribution in [0.2, 0.25) is 0 Å². The molecule has 1 nitrogen and oxygen atoms in total. The van der Waals surface area contributed by atoms with Crippen LogP contribution < -0.4 is 5.73 Å². The van der Waals surface area contributed by atoms with Crippen LogP contribution in [0.4, 0.5) is 0 Å². The van der Waals surface area contributed by atoms with Crippen LogP contribution >= 0.6 is 15.9 Å². The SMILES string of the molecule is Cc1cc(C(N)C2C3CC4CC(C3)CC2C4)c(C)cc1Br. The highest BCUT2D eigenvalue weighted by Crippen LogP contribution is 2.59. The van der Waals surface area contributed by atoms with Gasteiger partial charge >= 0.3 is 0 Å². The lowest BCUT2D eigenvalue weighted by atomic mass is 9.50. The number of rotatable bonds is 2. The molecule has 114 valence electrons. The second-order valence-corrected chi connectivity index (χ2v) is 8.85. The Bertz CT molecular complexity index is 537. The van der Waals surface area contributed by atoms with Crippen molar-refractivity contribution in [1.82, 2.24) is 0 Å². The third kappa shape index (κ3) is 2.30. The molecule has 5 rings (SSSR count). The maximum Gasteiger partial charge on any atom is 0.0331 e. The van der Waals surface area contributed by atoms with Crippen molar-refractivity contribution in [3.05, 3.63) is 33.3 Å². The van der Waals surface area contributed by atoms with E-state index >= 15 is 0 Å². The van der Waals surface area contributed by atoms with Gasteiger partial charge in [-0.1, -0.05) is 22.0 Å². The van der Waals surface area contributed by atoms with Gasteiger partial charge in [-0.15, -0.1) is 0 Å². The number of nitrogens with two attached hydrogens (primary N) is 1. The van der Waals surface area contributed by atoms with Gasteiger partial charge in [0, 0.05) is 10.5 Å². The molecule has 0 saturated heterocycles. The lowest BCUT2D eigenvalue weighted by Gasteiger charge is -2.56. The lowest BCUT2D eigenvalue weighted by Crippen LogP contribution is -2.48. The molecule has 4 aliphatic carbocycles. The Morgan fingerprint density at radius 1 is 0.952 bits per heavy atom. The lowest BCUT2D eigenvalue weighted by molar-refractivity contribution is -0.0472. The molecular formula is C19H26BrN. The predicted molar refractivity (Wildman–Crippen MR) is 91.1 cm³/mol. The van der Waals surface area contributed by atoms with Gasteiger partial charge in [-0.05, 0) is 98.3 Å². The summed E-state index contributed by atoms with van der Waals surface area (Å²) < 4.78 is 1.21. The standard InChI is InChI=1S/C19H26BrN/c1-10-4-17(20)11(2)3-16(10)19(21)18-14-6-12-5-13(8-14)9-15(18)7-12/h3-4,12-15,18-19H,5-9,21H2,1-2H3. The van der Waals surface area contributed by atoms with Crippen LogP contribution in [-0.2, 0) is 0 Å². The van der Waals surface area contributed by atoms with Gasteiger partial charge in [0.05, 0.1) is 0 Å². The first kappa shape index (κ1) is 14.3. The maximum absolute atomic E-state index is 6.82. The Morgan fingerprint density at radius 2 is 1.52 bits per heavy atom. The topological polar surface area (TPSA) is 26.0 Å². The van der Waals surface area contributed by atoms with Gasteiger partial charge < -0.3 is 5.73 Å². The van der Waals surface area contributed by atoms with Crippen LogP contribution in [0.1, 0.15) is 54.8 Å². The number of halogens is 1. The molecule has 1 aromatic rings. The average Bonchev–Trinajstić information content (AvgIpc) is 2.41. The smallest absolute Gasteiger partial charge is 0.0331 e. The molecule has 0 radical (unpaired) electrons. The van der Waals surface area contributed by atoms with E-state index in [0.29, 0.717) is 0 Å². The van der Waals surface area contributed by atoms with Crippen molar-refractivity contribution in [2.24, 2.45) is 35.3 Å². The first-order chi connectivity index (χ1) is 10.0. The molecule has 1 aromatic carbocycles. The summed E-state index contributed by atoms with van der Waals surface area (Å²) in [6, 6.07) is 4.82. The molecule has 4 fully saturated rings. The van der Waals surface area contributed by atoms with Crippen LogP contribution in [0.3, 0.4) is 0 Å². The molecule has 1 unspecified atom stereocenters. The van der Waals surface area contributed by atoms with E-state index in [4.69, 9.17) is 5.73 Å². The van der Waals surface area contributed by atoms with E-state index in [1.54, 1.807) is 0 Å². The summed E-state index contributed by atoms with van der Waals surface area (Å²) in [5.41, 5.74) is 10.9. The quantitative estimate of drug-likeness (QED) is 0.787. The number of benzene rings is 1. The van der Waals surface area contributed by atoms with Crippen LogP contribution in [0, 0.1) is 43.4 Å². The maximum atomic E-state index is 6.82. The fourth-order valence-electron chi connectivity index (χ4n) is 5.92. The highest BCUT2D eigenvalue weighted by molar-refractivity contribution is 9.10. The number of aryl methyl sites for hydroxylation is 2. The highest BCUT2D eigenvalue weighted by Gasteiger charge is 2.50. The van der Waals surface area contributed by atoms with Gasteiger partial charge in [0.2, 0.25) is 0 Å². The van der Waals surface area contributed by atoms with E-state index in [1.165, 1.54) is 53.3 Å². The zero-order valence-corrected chi connectivity index (χ0v) is 14.7. The van der Waals surface area contributed by atoms with E-state index in [1.807, 2.05) is 0 Å². The molecular weight excluding hydrogens is 322 g/mol. The molecule has 2 N–H and O–H groups in total. The Kier molecular flexibility index (Phi) is 3.46. The second-order valence-electron chi connectivity index (χ2n) is 7.99. The minimum absolute atomic E-state index is 0.242. The minimum Gasteiger partial charge on any atom is -0.324 e. The van der Waals surface area contributed by atoms with Gasteiger partial charge in [0.1, 0.15) is 0 Å². The first-order valence-electron chi connectivity index (χ1n) is 8.55. The molecule has 0 spiro atoms. The second kappa shape index (κ2) is 5.09. The monoisotopic (exact) mass is 347 g/mol. The van der Waals surface area contributed by atoms with E-state index < -0.39 is 0 Å². The van der Waals surface area contributed by atoms with Crippen molar-refractivity contribution in [2.45, 2.75) is 52.0 Å². The molecule has 1 atom stereocenters. The molecule has 0 aliphatic heterocycles. The summed E-state index contributed by atoms with van der Waals surface area (Å²) >= 11 is 3.65. The summed E-state index contributed by atoms with van der Waals surface area (Å²) in [5, 5.41) is 0. The Balaban J connectivity index is 1.66. The summed E-state index contributed by atoms with van der Waals surface area (Å²) in [5.74, 6) is 4.60. The zero-order valence-electron chi connectivity index (χ0n) is 13.1. The van der Waals surface area contributed by atoms with Crippen molar-refractivity contribution in [2.75, 3.05) is 0 Å². The predicted octanol–water partition coefficient (Wildman–Crippen LogP) is 5.14. The average molecular weight is 348 g/mol. The molecule has 21 heavy (non-hydrogen) atoms. The fraction of sp³-hybridized carbons (Fsp3) is 0.684. The molecule has 4 aliphatic rings. The van der Waals surface area contributed by atoms with Crippen LogP contribution in [0.5, 0.6) is 0 Å². The van der Waals surface area contributed by atoms with Gasteiger partial charge in [-0.25, -0.2) is 0 Å². The fourth-order valence-corrected chi connectivity index (χ4v) is 6.38. The molecule has 0 amide bonds. The Labute approximate surface area is 136 Å². The van der Waals surface area contributed by atoms with Gasteiger partial charge in [0.15, 0.2) is 0 Å². The molecule has 4 bridgehead atoms. The number of hydrogen-bond donors (Lipinski definition) is 1. The van der Waals surface area contributed by atoms with Gasteiger partial charge in [0.25, 0.3) is 0 Å². The summed E-state index contributed by atoms with van der Waals surface area (Å²) in [7, 11) is 0. The minimum atomic E-state index is 0.242. The number of hydrogen-bond acceptors (Lipinski definition) is 1. The zero-order chi connectivity index (χ0) is 14.7. The summed E-state index contributed by atoms with van der Waals surface area (Å²) in [6.07, 6.45) is 7.35. The largest absolute Gasteiger partial charge is 0.324 e. The third-order valence-corrected chi connectivity index (χ3v) is 7.48. The van der Waals surface area contributed by atoms with E-state index in [0.717, 1.165) is 29.6 Å². The summed E-state index contributed by atoms with van der Waals surface area (Å²) in [6.45, 7) is 4.39. The normalized spacial score (nSPS) is 38.8. The van der Waals surface area contributed by atoms with Crippen LogP contribution in [0.15, 0.2) is 16.6 Å². The molecule has 0 heterocycles. The van der Waals surface area contributed by atoms with E-state index in [2.05, 4.69) is 41.9 Å². The molecule has 0 aromatic heterocycles. The van der Waals surface area contributed by atoms with Crippen molar-refractivity contribution in [1.29, 1.82) is 0 Å². The van der Waals surface area contributed by atoms with Gasteiger partial charge in [-0.2, -0.15) is 0 Å². The van der Waals surface area contributed by atoms with Crippen molar-refractivity contribution in [3.8, 4) is 0 Å². The van der Waals surface area contributed by atoms with Crippen molar-refractivity contribution >= 4 is 15.9 Å². The van der Waals surface area contributed by atoms with E-state index in [9.17, 15) is 0 Å². The van der Waals surface area contributed by atoms with Crippen LogP contribution in [0.25, 0.3) is 0 Å². The molecule has 4 saturated carbocycles. The van der Waals surface area contributed by atoms with E-state index in [-0.39, 0.29) is 6.04 Å². The van der Waals surface area contributed by atoms with Crippen LogP contribution in [-0.4, -0.2) is 0 Å². The van der Waals surface area contributed by atoms with Crippen molar-refractivity contribution < 1.29 is 0 Å².